The summed E-state index contributed by atoms with van der Waals surface area (Å²) in [6.45, 7) is 6.19. The van der Waals surface area contributed by atoms with Crippen molar-refractivity contribution >= 4 is 5.82 Å². The van der Waals surface area contributed by atoms with Gasteiger partial charge in [-0.1, -0.05) is 6.07 Å². The van der Waals surface area contributed by atoms with Gasteiger partial charge >= 0.3 is 0 Å². The lowest BCUT2D eigenvalue weighted by Gasteiger charge is -2.32. The van der Waals surface area contributed by atoms with Crippen molar-refractivity contribution in [1.29, 1.82) is 0 Å². The van der Waals surface area contributed by atoms with Crippen molar-refractivity contribution in [2.75, 3.05) is 18.0 Å². The van der Waals surface area contributed by atoms with Crippen LogP contribution in [0.25, 0.3) is 0 Å². The molecule has 2 aromatic heterocycles. The predicted octanol–water partition coefficient (Wildman–Crippen LogP) is 2.81. The summed E-state index contributed by atoms with van der Waals surface area (Å²) in [5, 5.41) is 0. The molecule has 2 aromatic rings. The van der Waals surface area contributed by atoms with Gasteiger partial charge in [-0.05, 0) is 38.8 Å². The maximum absolute atomic E-state index is 4.63. The molecule has 1 fully saturated rings. The van der Waals surface area contributed by atoms with Crippen molar-refractivity contribution in [3.63, 3.8) is 0 Å². The monoisotopic (exact) mass is 256 g/mol. The molecule has 3 heterocycles. The minimum absolute atomic E-state index is 0.491. The molecule has 0 saturated carbocycles. The highest BCUT2D eigenvalue weighted by molar-refractivity contribution is 5.40. The van der Waals surface area contributed by atoms with Crippen LogP contribution in [0.3, 0.4) is 0 Å². The highest BCUT2D eigenvalue weighted by atomic mass is 15.2. The third-order valence-corrected chi connectivity index (χ3v) is 3.73. The number of aromatic nitrogens is 3. The fourth-order valence-electron chi connectivity index (χ4n) is 2.75. The second-order valence-corrected chi connectivity index (χ2v) is 5.37. The van der Waals surface area contributed by atoms with Crippen LogP contribution in [0.4, 0.5) is 5.82 Å². The van der Waals surface area contributed by atoms with Crippen LogP contribution in [0.15, 0.2) is 24.4 Å². The lowest BCUT2D eigenvalue weighted by atomic mass is 9.97. The van der Waals surface area contributed by atoms with Crippen LogP contribution in [0.2, 0.25) is 0 Å². The van der Waals surface area contributed by atoms with Crippen LogP contribution in [0.1, 0.15) is 36.0 Å². The van der Waals surface area contributed by atoms with Gasteiger partial charge in [0.2, 0.25) is 0 Å². The van der Waals surface area contributed by atoms with E-state index in [0.717, 1.165) is 36.1 Å². The number of H-pyrrole nitrogens is 1. The number of nitrogens with zero attached hydrogens (tertiary/aromatic N) is 3. The fourth-order valence-corrected chi connectivity index (χ4v) is 2.75. The standard InChI is InChI=1S/C15H20N4/c1-11-5-3-7-14(17-11)19-8-4-6-13(10-19)15-16-9-12(2)18-15/h3,5,7,9,13H,4,6,8,10H2,1-2H3,(H,16,18). The number of anilines is 1. The van der Waals surface area contributed by atoms with Crippen molar-refractivity contribution in [1.82, 2.24) is 15.0 Å². The molecule has 3 rings (SSSR count). The summed E-state index contributed by atoms with van der Waals surface area (Å²) in [6.07, 6.45) is 4.31. The van der Waals surface area contributed by atoms with Gasteiger partial charge in [0.1, 0.15) is 11.6 Å². The van der Waals surface area contributed by atoms with E-state index in [0.29, 0.717) is 5.92 Å². The summed E-state index contributed by atoms with van der Waals surface area (Å²) in [7, 11) is 0. The molecule has 0 aliphatic carbocycles. The Balaban J connectivity index is 1.78. The zero-order valence-electron chi connectivity index (χ0n) is 11.6. The molecule has 4 nitrogen and oxygen atoms in total. The Labute approximate surface area is 113 Å². The molecule has 0 bridgehead atoms. The van der Waals surface area contributed by atoms with Crippen molar-refractivity contribution in [3.8, 4) is 0 Å². The van der Waals surface area contributed by atoms with Gasteiger partial charge in [-0.25, -0.2) is 9.97 Å². The Morgan fingerprint density at radius 1 is 1.32 bits per heavy atom. The van der Waals surface area contributed by atoms with Gasteiger partial charge in [0.25, 0.3) is 0 Å². The molecule has 0 amide bonds. The van der Waals surface area contributed by atoms with Crippen LogP contribution in [-0.2, 0) is 0 Å². The van der Waals surface area contributed by atoms with Gasteiger partial charge in [0.05, 0.1) is 0 Å². The summed E-state index contributed by atoms with van der Waals surface area (Å²) in [4.78, 5) is 14.9. The lowest BCUT2D eigenvalue weighted by Crippen LogP contribution is -2.35. The summed E-state index contributed by atoms with van der Waals surface area (Å²) < 4.78 is 0. The Morgan fingerprint density at radius 3 is 2.95 bits per heavy atom. The molecule has 0 spiro atoms. The third kappa shape index (κ3) is 2.62. The molecule has 0 aromatic carbocycles. The van der Waals surface area contributed by atoms with Crippen molar-refractivity contribution < 1.29 is 0 Å². The summed E-state index contributed by atoms with van der Waals surface area (Å²) in [5.41, 5.74) is 2.22. The number of rotatable bonds is 2. The van der Waals surface area contributed by atoms with Crippen LogP contribution >= 0.6 is 0 Å². The van der Waals surface area contributed by atoms with E-state index < -0.39 is 0 Å². The van der Waals surface area contributed by atoms with Gasteiger partial charge in [-0.15, -0.1) is 0 Å². The van der Waals surface area contributed by atoms with E-state index in [9.17, 15) is 0 Å². The van der Waals surface area contributed by atoms with E-state index in [2.05, 4.69) is 38.9 Å². The molecule has 1 aliphatic heterocycles. The number of aromatic amines is 1. The highest BCUT2D eigenvalue weighted by Gasteiger charge is 2.24. The first kappa shape index (κ1) is 12.2. The molecule has 1 saturated heterocycles. The average Bonchev–Trinajstić information content (AvgIpc) is 2.86. The van der Waals surface area contributed by atoms with E-state index in [1.165, 1.54) is 12.8 Å². The lowest BCUT2D eigenvalue weighted by molar-refractivity contribution is 0.491. The second-order valence-electron chi connectivity index (χ2n) is 5.37. The Kier molecular flexibility index (Phi) is 3.23. The first-order valence-corrected chi connectivity index (χ1v) is 6.92. The second kappa shape index (κ2) is 5.03. The number of nitrogens with one attached hydrogen (secondary N) is 1. The number of imidazole rings is 1. The van der Waals surface area contributed by atoms with E-state index in [-0.39, 0.29) is 0 Å². The molecule has 1 N–H and O–H groups in total. The Hall–Kier alpha value is -1.84. The molecule has 19 heavy (non-hydrogen) atoms. The average molecular weight is 256 g/mol. The molecule has 1 aliphatic rings. The molecule has 1 atom stereocenters. The molecular formula is C15H20N4. The summed E-state index contributed by atoms with van der Waals surface area (Å²) in [6, 6.07) is 6.22. The van der Waals surface area contributed by atoms with Crippen LogP contribution < -0.4 is 4.90 Å². The van der Waals surface area contributed by atoms with Crippen LogP contribution in [0.5, 0.6) is 0 Å². The zero-order valence-corrected chi connectivity index (χ0v) is 11.6. The van der Waals surface area contributed by atoms with Crippen LogP contribution in [-0.4, -0.2) is 28.0 Å². The maximum atomic E-state index is 4.63. The number of hydrogen-bond donors (Lipinski definition) is 1. The smallest absolute Gasteiger partial charge is 0.128 e. The van der Waals surface area contributed by atoms with Gasteiger partial charge < -0.3 is 9.88 Å². The maximum Gasteiger partial charge on any atom is 0.128 e. The van der Waals surface area contributed by atoms with Gasteiger partial charge in [-0.2, -0.15) is 0 Å². The fraction of sp³-hybridized carbons (Fsp3) is 0.467. The van der Waals surface area contributed by atoms with Gasteiger partial charge in [0.15, 0.2) is 0 Å². The quantitative estimate of drug-likeness (QED) is 0.898. The Bertz CT molecular complexity index is 561. The molecule has 0 radical (unpaired) electrons. The molecule has 1 unspecified atom stereocenters. The zero-order chi connectivity index (χ0) is 13.2. The summed E-state index contributed by atoms with van der Waals surface area (Å²) >= 11 is 0. The third-order valence-electron chi connectivity index (χ3n) is 3.73. The minimum atomic E-state index is 0.491. The molecule has 4 heteroatoms. The topological polar surface area (TPSA) is 44.8 Å². The SMILES string of the molecule is Cc1cccc(N2CCCC(c3ncc(C)[nH]3)C2)n1. The van der Waals surface area contributed by atoms with Crippen molar-refractivity contribution in [2.24, 2.45) is 0 Å². The molecule has 100 valence electrons. The predicted molar refractivity (Wildman–Crippen MR) is 76.5 cm³/mol. The van der Waals surface area contributed by atoms with E-state index >= 15 is 0 Å². The van der Waals surface area contributed by atoms with E-state index in [4.69, 9.17) is 0 Å². The highest BCUT2D eigenvalue weighted by Crippen LogP contribution is 2.27. The van der Waals surface area contributed by atoms with Gasteiger partial charge in [0, 0.05) is 36.6 Å². The largest absolute Gasteiger partial charge is 0.356 e. The van der Waals surface area contributed by atoms with E-state index in [1.807, 2.05) is 19.2 Å². The Morgan fingerprint density at radius 2 is 2.21 bits per heavy atom. The first-order chi connectivity index (χ1) is 9.22. The first-order valence-electron chi connectivity index (χ1n) is 6.92. The van der Waals surface area contributed by atoms with Gasteiger partial charge in [-0.3, -0.25) is 0 Å². The minimum Gasteiger partial charge on any atom is -0.356 e. The van der Waals surface area contributed by atoms with Crippen molar-refractivity contribution in [3.05, 3.63) is 41.6 Å². The van der Waals surface area contributed by atoms with E-state index in [1.54, 1.807) is 0 Å². The molecular weight excluding hydrogens is 236 g/mol. The summed E-state index contributed by atoms with van der Waals surface area (Å²) in [5.74, 6) is 2.70. The number of pyridine rings is 1. The van der Waals surface area contributed by atoms with Crippen LogP contribution in [0, 0.1) is 13.8 Å². The number of aryl methyl sites for hydroxylation is 2. The number of piperidine rings is 1. The normalized spacial score (nSPS) is 19.7. The number of hydrogen-bond acceptors (Lipinski definition) is 3. The van der Waals surface area contributed by atoms with Crippen molar-refractivity contribution in [2.45, 2.75) is 32.6 Å².